The van der Waals surface area contributed by atoms with Crippen LogP contribution in [-0.2, 0) is 0 Å². The third-order valence-corrected chi connectivity index (χ3v) is 4.64. The predicted octanol–water partition coefficient (Wildman–Crippen LogP) is 5.56. The summed E-state index contributed by atoms with van der Waals surface area (Å²) in [6, 6.07) is 17.5. The van der Waals surface area contributed by atoms with Gasteiger partial charge in [0.15, 0.2) is 0 Å². The second-order valence-electron chi connectivity index (χ2n) is 6.14. The molecule has 0 saturated heterocycles. The van der Waals surface area contributed by atoms with Crippen molar-refractivity contribution >= 4 is 32.4 Å². The van der Waals surface area contributed by atoms with Gasteiger partial charge in [-0.2, -0.15) is 0 Å². The first-order valence-corrected chi connectivity index (χ1v) is 7.72. The Balaban J connectivity index is 2.06. The van der Waals surface area contributed by atoms with E-state index in [1.807, 2.05) is 24.3 Å². The summed E-state index contributed by atoms with van der Waals surface area (Å²) in [5.41, 5.74) is 2.24. The average Bonchev–Trinajstić information content (AvgIpc) is 3.38. The van der Waals surface area contributed by atoms with Crippen LogP contribution in [0.3, 0.4) is 0 Å². The van der Waals surface area contributed by atoms with E-state index in [0.717, 1.165) is 21.7 Å². The molecule has 0 unspecified atom stereocenters. The number of benzene rings is 3. The average molecular weight is 287 g/mol. The van der Waals surface area contributed by atoms with E-state index in [1.165, 1.54) is 29.3 Å². The molecule has 1 aliphatic carbocycles. The van der Waals surface area contributed by atoms with Crippen molar-refractivity contribution in [2.24, 2.45) is 0 Å². The zero-order valence-electron chi connectivity index (χ0n) is 12.0. The van der Waals surface area contributed by atoms with Crippen molar-refractivity contribution in [1.82, 2.24) is 4.98 Å². The van der Waals surface area contributed by atoms with Gasteiger partial charge in [-0.3, -0.25) is 4.98 Å². The Morgan fingerprint density at radius 1 is 0.864 bits per heavy atom. The maximum absolute atomic E-state index is 13.6. The van der Waals surface area contributed by atoms with E-state index < -0.39 is 0 Å². The van der Waals surface area contributed by atoms with Crippen LogP contribution in [0.5, 0.6) is 0 Å². The number of hydrogen-bond donors (Lipinski definition) is 0. The molecule has 2 heteroatoms. The fourth-order valence-electron chi connectivity index (χ4n) is 3.44. The normalized spacial score (nSPS) is 15.0. The van der Waals surface area contributed by atoms with Crippen molar-refractivity contribution in [2.45, 2.75) is 18.8 Å². The van der Waals surface area contributed by atoms with Gasteiger partial charge in [0.25, 0.3) is 0 Å². The minimum Gasteiger partial charge on any atom is -0.252 e. The highest BCUT2D eigenvalue weighted by atomic mass is 19.1. The first-order chi connectivity index (χ1) is 10.8. The van der Waals surface area contributed by atoms with Gasteiger partial charge in [-0.25, -0.2) is 4.39 Å². The number of hydrogen-bond acceptors (Lipinski definition) is 1. The summed E-state index contributed by atoms with van der Waals surface area (Å²) >= 11 is 0. The van der Waals surface area contributed by atoms with Crippen LogP contribution >= 0.6 is 0 Å². The molecule has 3 aromatic carbocycles. The molecule has 1 nitrogen and oxygen atoms in total. The number of nitrogens with zero attached hydrogens (tertiary/aromatic N) is 1. The standard InChI is InChI=1S/C20H14FN/c21-14-8-10-15-13(11-14)7-9-17-19(15)16-3-1-2-4-18(16)22-20(17)12-5-6-12/h1-4,7-12H,5-6H2. The van der Waals surface area contributed by atoms with Gasteiger partial charge in [0, 0.05) is 22.1 Å². The second kappa shape index (κ2) is 4.26. The van der Waals surface area contributed by atoms with Crippen molar-refractivity contribution < 1.29 is 4.39 Å². The van der Waals surface area contributed by atoms with E-state index in [-0.39, 0.29) is 5.82 Å². The van der Waals surface area contributed by atoms with E-state index in [9.17, 15) is 4.39 Å². The molecule has 0 spiro atoms. The van der Waals surface area contributed by atoms with E-state index in [2.05, 4.69) is 18.2 Å². The maximum atomic E-state index is 13.6. The molecule has 106 valence electrons. The molecule has 4 aromatic rings. The van der Waals surface area contributed by atoms with Crippen LogP contribution in [0.1, 0.15) is 24.5 Å². The van der Waals surface area contributed by atoms with Gasteiger partial charge in [0.1, 0.15) is 5.82 Å². The van der Waals surface area contributed by atoms with E-state index >= 15 is 0 Å². The van der Waals surface area contributed by atoms with Crippen LogP contribution in [0.15, 0.2) is 54.6 Å². The van der Waals surface area contributed by atoms with Gasteiger partial charge in [-0.1, -0.05) is 36.4 Å². The lowest BCUT2D eigenvalue weighted by Crippen LogP contribution is -1.92. The Bertz CT molecular complexity index is 1050. The molecule has 1 saturated carbocycles. The van der Waals surface area contributed by atoms with E-state index in [1.54, 1.807) is 12.1 Å². The number of para-hydroxylation sites is 1. The Kier molecular flexibility index (Phi) is 2.34. The molecule has 0 atom stereocenters. The van der Waals surface area contributed by atoms with Crippen LogP contribution in [0.4, 0.5) is 4.39 Å². The van der Waals surface area contributed by atoms with Gasteiger partial charge < -0.3 is 0 Å². The van der Waals surface area contributed by atoms with Crippen LogP contribution < -0.4 is 0 Å². The van der Waals surface area contributed by atoms with E-state index in [0.29, 0.717) is 5.92 Å². The van der Waals surface area contributed by atoms with E-state index in [4.69, 9.17) is 4.98 Å². The monoisotopic (exact) mass is 287 g/mol. The van der Waals surface area contributed by atoms with Crippen LogP contribution in [0.25, 0.3) is 32.4 Å². The summed E-state index contributed by atoms with van der Waals surface area (Å²) in [5.74, 6) is 0.401. The Hall–Kier alpha value is -2.48. The minimum atomic E-state index is -0.187. The molecule has 1 aliphatic rings. The van der Waals surface area contributed by atoms with Crippen LogP contribution in [0.2, 0.25) is 0 Å². The molecule has 22 heavy (non-hydrogen) atoms. The Morgan fingerprint density at radius 3 is 2.55 bits per heavy atom. The molecule has 1 fully saturated rings. The lowest BCUT2D eigenvalue weighted by molar-refractivity contribution is 0.630. The Morgan fingerprint density at radius 2 is 1.68 bits per heavy atom. The first kappa shape index (κ1) is 12.1. The van der Waals surface area contributed by atoms with Crippen molar-refractivity contribution in [1.29, 1.82) is 0 Å². The largest absolute Gasteiger partial charge is 0.252 e. The molecule has 1 aromatic heterocycles. The highest BCUT2D eigenvalue weighted by Crippen LogP contribution is 2.44. The quantitative estimate of drug-likeness (QED) is 0.418. The molecule has 5 rings (SSSR count). The van der Waals surface area contributed by atoms with Gasteiger partial charge in [0.05, 0.1) is 11.2 Å². The highest BCUT2D eigenvalue weighted by Gasteiger charge is 2.27. The van der Waals surface area contributed by atoms with Gasteiger partial charge in [-0.05, 0) is 41.8 Å². The summed E-state index contributed by atoms with van der Waals surface area (Å²) in [7, 11) is 0. The smallest absolute Gasteiger partial charge is 0.123 e. The molecule has 0 N–H and O–H groups in total. The summed E-state index contributed by atoms with van der Waals surface area (Å²) in [4.78, 5) is 4.92. The number of halogens is 1. The molecule has 0 bridgehead atoms. The summed E-state index contributed by atoms with van der Waals surface area (Å²) in [6.45, 7) is 0. The third kappa shape index (κ3) is 1.67. The zero-order chi connectivity index (χ0) is 14.7. The van der Waals surface area contributed by atoms with Crippen LogP contribution in [0, 0.1) is 5.82 Å². The van der Waals surface area contributed by atoms with Crippen LogP contribution in [-0.4, -0.2) is 4.98 Å². The summed E-state index contributed by atoms with van der Waals surface area (Å²) in [5, 5.41) is 5.65. The summed E-state index contributed by atoms with van der Waals surface area (Å²) in [6.07, 6.45) is 2.45. The molecular formula is C20H14FN. The third-order valence-electron chi connectivity index (χ3n) is 4.64. The van der Waals surface area contributed by atoms with Crippen molar-refractivity contribution in [3.8, 4) is 0 Å². The van der Waals surface area contributed by atoms with Crippen molar-refractivity contribution in [2.75, 3.05) is 0 Å². The van der Waals surface area contributed by atoms with Crippen molar-refractivity contribution in [3.05, 3.63) is 66.1 Å². The minimum absolute atomic E-state index is 0.187. The predicted molar refractivity (Wildman–Crippen MR) is 88.7 cm³/mol. The van der Waals surface area contributed by atoms with Crippen molar-refractivity contribution in [3.63, 3.8) is 0 Å². The van der Waals surface area contributed by atoms with Gasteiger partial charge in [0.2, 0.25) is 0 Å². The highest BCUT2D eigenvalue weighted by molar-refractivity contribution is 6.20. The fourth-order valence-corrected chi connectivity index (χ4v) is 3.44. The van der Waals surface area contributed by atoms with Gasteiger partial charge in [-0.15, -0.1) is 0 Å². The molecule has 0 amide bonds. The SMILES string of the molecule is Fc1ccc2c(ccc3c(C4CC4)nc4ccccc4c32)c1. The molecule has 1 heterocycles. The maximum Gasteiger partial charge on any atom is 0.123 e. The summed E-state index contributed by atoms with van der Waals surface area (Å²) < 4.78 is 13.6. The topological polar surface area (TPSA) is 12.9 Å². The lowest BCUT2D eigenvalue weighted by Gasteiger charge is -2.12. The lowest BCUT2D eigenvalue weighted by atomic mass is 9.96. The Labute approximate surface area is 127 Å². The first-order valence-electron chi connectivity index (χ1n) is 7.72. The second-order valence-corrected chi connectivity index (χ2v) is 6.14. The molecular weight excluding hydrogens is 273 g/mol. The number of pyridine rings is 1. The zero-order valence-corrected chi connectivity index (χ0v) is 12.0. The van der Waals surface area contributed by atoms with Gasteiger partial charge >= 0.3 is 0 Å². The molecule has 0 radical (unpaired) electrons. The number of fused-ring (bicyclic) bond motifs is 5. The molecule has 0 aliphatic heterocycles. The number of rotatable bonds is 1. The number of aromatic nitrogens is 1. The fraction of sp³-hybridized carbons (Fsp3) is 0.150.